The second-order valence-electron chi connectivity index (χ2n) is 4.25. The summed E-state index contributed by atoms with van der Waals surface area (Å²) < 4.78 is 0. The van der Waals surface area contributed by atoms with Crippen LogP contribution >= 0.6 is 11.3 Å². The lowest BCUT2D eigenvalue weighted by Crippen LogP contribution is -1.98. The maximum atomic E-state index is 11.9. The molecular weight excluding hydrogens is 234 g/mol. The van der Waals surface area contributed by atoms with Gasteiger partial charge in [-0.05, 0) is 24.6 Å². The Kier molecular flexibility index (Phi) is 2.26. The van der Waals surface area contributed by atoms with Gasteiger partial charge in [0, 0.05) is 22.8 Å². The van der Waals surface area contributed by atoms with Gasteiger partial charge in [0.25, 0.3) is 0 Å². The molecule has 86 valence electrons. The Balaban J connectivity index is 2.14. The number of aromatic nitrogens is 1. The third kappa shape index (κ3) is 1.56. The van der Waals surface area contributed by atoms with Gasteiger partial charge in [-0.2, -0.15) is 0 Å². The van der Waals surface area contributed by atoms with Crippen molar-refractivity contribution in [1.29, 1.82) is 0 Å². The Bertz CT molecular complexity index is 603. The predicted octanol–water partition coefficient (Wildman–Crippen LogP) is 2.88. The van der Waals surface area contributed by atoms with Crippen molar-refractivity contribution in [3.63, 3.8) is 0 Å². The van der Waals surface area contributed by atoms with E-state index in [1.54, 1.807) is 23.5 Å². The molecule has 1 heterocycles. The quantitative estimate of drug-likeness (QED) is 0.840. The van der Waals surface area contributed by atoms with Gasteiger partial charge in [0.05, 0.1) is 11.2 Å². The van der Waals surface area contributed by atoms with Gasteiger partial charge < -0.3 is 5.11 Å². The van der Waals surface area contributed by atoms with Crippen molar-refractivity contribution in [2.24, 2.45) is 0 Å². The Labute approximate surface area is 103 Å². The number of fused-ring (bicyclic) bond motifs is 1. The maximum absolute atomic E-state index is 11.9. The van der Waals surface area contributed by atoms with E-state index >= 15 is 0 Å². The van der Waals surface area contributed by atoms with Crippen LogP contribution in [0.25, 0.3) is 0 Å². The second-order valence-corrected chi connectivity index (χ2v) is 5.30. The summed E-state index contributed by atoms with van der Waals surface area (Å²) in [6, 6.07) is 5.02. The fraction of sp³-hybridized carbons (Fsp3) is 0.231. The second kappa shape index (κ2) is 3.67. The molecule has 0 fully saturated rings. The number of aromatic hydroxyl groups is 1. The first-order chi connectivity index (χ1) is 8.16. The number of carbonyl (C=O) groups excluding carboxylic acids is 1. The molecule has 3 rings (SSSR count). The molecule has 1 aliphatic rings. The summed E-state index contributed by atoms with van der Waals surface area (Å²) in [6.45, 7) is 2.02. The predicted molar refractivity (Wildman–Crippen MR) is 65.7 cm³/mol. The molecule has 1 aromatic heterocycles. The van der Waals surface area contributed by atoms with Crippen LogP contribution in [-0.2, 0) is 0 Å². The molecule has 3 nitrogen and oxygen atoms in total. The van der Waals surface area contributed by atoms with Gasteiger partial charge in [0.15, 0.2) is 5.78 Å². The van der Waals surface area contributed by atoms with E-state index in [4.69, 9.17) is 0 Å². The molecular formula is C13H11NO2S. The third-order valence-electron chi connectivity index (χ3n) is 3.21. The Morgan fingerprint density at radius 2 is 2.29 bits per heavy atom. The van der Waals surface area contributed by atoms with Crippen molar-refractivity contribution < 1.29 is 9.90 Å². The molecule has 0 aliphatic heterocycles. The summed E-state index contributed by atoms with van der Waals surface area (Å²) in [7, 11) is 0. The average Bonchev–Trinajstić information content (AvgIpc) is 2.84. The number of rotatable bonds is 1. The lowest BCUT2D eigenvalue weighted by Gasteiger charge is -2.08. The van der Waals surface area contributed by atoms with E-state index in [0.717, 1.165) is 16.1 Å². The first-order valence-corrected chi connectivity index (χ1v) is 6.31. The van der Waals surface area contributed by atoms with E-state index in [0.29, 0.717) is 12.0 Å². The molecule has 0 bridgehead atoms. The Hall–Kier alpha value is -1.68. The summed E-state index contributed by atoms with van der Waals surface area (Å²) >= 11 is 1.60. The SMILES string of the molecule is Cc1scnc1C1CC(=O)c2cc(O)ccc21. The summed E-state index contributed by atoms with van der Waals surface area (Å²) in [5.74, 6) is 0.297. The molecule has 1 aromatic carbocycles. The largest absolute Gasteiger partial charge is 0.508 e. The minimum Gasteiger partial charge on any atom is -0.508 e. The number of phenolic OH excluding ortho intramolecular Hbond substituents is 1. The van der Waals surface area contributed by atoms with Crippen LogP contribution < -0.4 is 0 Å². The highest BCUT2D eigenvalue weighted by Crippen LogP contribution is 2.40. The van der Waals surface area contributed by atoms with Gasteiger partial charge in [-0.25, -0.2) is 4.98 Å². The summed E-state index contributed by atoms with van der Waals surface area (Å²) in [5.41, 5.74) is 4.44. The Morgan fingerprint density at radius 3 is 3.00 bits per heavy atom. The van der Waals surface area contributed by atoms with Gasteiger partial charge in [0.1, 0.15) is 5.75 Å². The standard InChI is InChI=1S/C13H11NO2S/c1-7-13(14-6-17-7)11-5-12(16)10-4-8(15)2-3-9(10)11/h2-4,6,11,15H,5H2,1H3. The van der Waals surface area contributed by atoms with Crippen molar-refractivity contribution in [2.45, 2.75) is 19.3 Å². The zero-order valence-electron chi connectivity index (χ0n) is 9.30. The van der Waals surface area contributed by atoms with E-state index in [1.807, 2.05) is 18.5 Å². The topological polar surface area (TPSA) is 50.2 Å². The molecule has 0 radical (unpaired) electrons. The van der Waals surface area contributed by atoms with Crippen molar-refractivity contribution in [3.05, 3.63) is 45.4 Å². The maximum Gasteiger partial charge on any atom is 0.164 e. The molecule has 4 heteroatoms. The highest BCUT2D eigenvalue weighted by Gasteiger charge is 2.32. The van der Waals surface area contributed by atoms with Crippen LogP contribution in [0.1, 0.15) is 38.8 Å². The van der Waals surface area contributed by atoms with Gasteiger partial charge in [-0.1, -0.05) is 6.07 Å². The van der Waals surface area contributed by atoms with Gasteiger partial charge >= 0.3 is 0 Å². The van der Waals surface area contributed by atoms with Crippen LogP contribution in [0.4, 0.5) is 0 Å². The molecule has 2 aromatic rings. The van der Waals surface area contributed by atoms with Crippen LogP contribution in [0.5, 0.6) is 5.75 Å². The summed E-state index contributed by atoms with van der Waals surface area (Å²) in [4.78, 5) is 17.4. The number of phenols is 1. The first kappa shape index (κ1) is 10.5. The molecule has 0 spiro atoms. The van der Waals surface area contributed by atoms with E-state index in [2.05, 4.69) is 4.98 Å². The van der Waals surface area contributed by atoms with Gasteiger partial charge in [0.2, 0.25) is 0 Å². The van der Waals surface area contributed by atoms with Crippen LogP contribution in [0, 0.1) is 6.92 Å². The zero-order valence-corrected chi connectivity index (χ0v) is 10.1. The fourth-order valence-corrected chi connectivity index (χ4v) is 3.03. The number of hydrogen-bond donors (Lipinski definition) is 1. The van der Waals surface area contributed by atoms with Crippen molar-refractivity contribution in [1.82, 2.24) is 4.98 Å². The third-order valence-corrected chi connectivity index (χ3v) is 3.99. The minimum absolute atomic E-state index is 0.0596. The van der Waals surface area contributed by atoms with Crippen molar-refractivity contribution >= 4 is 17.1 Å². The summed E-state index contributed by atoms with van der Waals surface area (Å²) in [5, 5.41) is 9.42. The van der Waals surface area contributed by atoms with Gasteiger partial charge in [-0.15, -0.1) is 11.3 Å². The molecule has 17 heavy (non-hydrogen) atoms. The van der Waals surface area contributed by atoms with E-state index in [-0.39, 0.29) is 17.5 Å². The summed E-state index contributed by atoms with van der Waals surface area (Å²) in [6.07, 6.45) is 0.462. The number of carbonyl (C=O) groups is 1. The van der Waals surface area contributed by atoms with E-state index < -0.39 is 0 Å². The molecule has 0 saturated carbocycles. The monoisotopic (exact) mass is 245 g/mol. The highest BCUT2D eigenvalue weighted by atomic mass is 32.1. The molecule has 0 amide bonds. The number of thiazole rings is 1. The Morgan fingerprint density at radius 1 is 1.47 bits per heavy atom. The number of benzene rings is 1. The fourth-order valence-electron chi connectivity index (χ4n) is 2.39. The number of Topliss-reactive ketones (excluding diaryl/α,β-unsaturated/α-hetero) is 1. The molecule has 1 N–H and O–H groups in total. The van der Waals surface area contributed by atoms with Crippen LogP contribution in [0.2, 0.25) is 0 Å². The van der Waals surface area contributed by atoms with E-state index in [1.165, 1.54) is 0 Å². The van der Waals surface area contributed by atoms with Crippen molar-refractivity contribution in [3.8, 4) is 5.75 Å². The van der Waals surface area contributed by atoms with Gasteiger partial charge in [-0.3, -0.25) is 4.79 Å². The zero-order chi connectivity index (χ0) is 12.0. The molecule has 0 saturated heterocycles. The van der Waals surface area contributed by atoms with Crippen LogP contribution in [0.15, 0.2) is 23.7 Å². The molecule has 1 aliphatic carbocycles. The lowest BCUT2D eigenvalue weighted by atomic mass is 9.97. The molecule has 1 unspecified atom stereocenters. The first-order valence-electron chi connectivity index (χ1n) is 5.43. The molecule has 1 atom stereocenters. The minimum atomic E-state index is 0.0596. The highest BCUT2D eigenvalue weighted by molar-refractivity contribution is 7.09. The van der Waals surface area contributed by atoms with Crippen LogP contribution in [-0.4, -0.2) is 15.9 Å². The van der Waals surface area contributed by atoms with Crippen LogP contribution in [0.3, 0.4) is 0 Å². The number of nitrogens with zero attached hydrogens (tertiary/aromatic N) is 1. The van der Waals surface area contributed by atoms with E-state index in [9.17, 15) is 9.90 Å². The number of hydrogen-bond acceptors (Lipinski definition) is 4. The smallest absolute Gasteiger partial charge is 0.164 e. The number of ketones is 1. The average molecular weight is 245 g/mol. The lowest BCUT2D eigenvalue weighted by molar-refractivity contribution is 0.0991. The van der Waals surface area contributed by atoms with Crippen molar-refractivity contribution in [2.75, 3.05) is 0 Å². The number of aryl methyl sites for hydroxylation is 1. The normalized spacial score (nSPS) is 18.4.